The number of fused-ring (bicyclic) bond motifs is 1. The molecule has 4 aromatic rings. The van der Waals surface area contributed by atoms with Crippen LogP contribution in [0, 0.1) is 6.92 Å². The van der Waals surface area contributed by atoms with Crippen LogP contribution in [0.25, 0.3) is 5.65 Å². The van der Waals surface area contributed by atoms with Crippen molar-refractivity contribution in [3.8, 4) is 11.5 Å². The molecule has 1 N–H and O–H groups in total. The Hall–Kier alpha value is -3.80. The topological polar surface area (TPSA) is 64.9 Å². The highest BCUT2D eigenvalue weighted by molar-refractivity contribution is 6.04. The van der Waals surface area contributed by atoms with E-state index in [1.54, 1.807) is 25.3 Å². The summed E-state index contributed by atoms with van der Waals surface area (Å²) in [7, 11) is 1.59. The molecule has 0 saturated carbocycles. The van der Waals surface area contributed by atoms with Crippen LogP contribution in [-0.4, -0.2) is 22.4 Å². The number of amides is 1. The molecule has 0 saturated heterocycles. The molecule has 146 valence electrons. The molecule has 0 bridgehead atoms. The van der Waals surface area contributed by atoms with E-state index in [2.05, 4.69) is 10.3 Å². The Morgan fingerprint density at radius 3 is 2.83 bits per heavy atom. The Labute approximate surface area is 168 Å². The maximum atomic E-state index is 12.6. The van der Waals surface area contributed by atoms with E-state index >= 15 is 0 Å². The highest BCUT2D eigenvalue weighted by Gasteiger charge is 2.10. The molecule has 0 spiro atoms. The second kappa shape index (κ2) is 8.06. The third-order valence-corrected chi connectivity index (χ3v) is 4.56. The SMILES string of the molecule is COc1cc(C(=O)Nc2cccc(OCc3cn4ccccc4n3)c2)ccc1C. The van der Waals surface area contributed by atoms with E-state index in [-0.39, 0.29) is 5.91 Å². The number of hydrogen-bond donors (Lipinski definition) is 1. The molecule has 4 rings (SSSR count). The van der Waals surface area contributed by atoms with Crippen LogP contribution in [0.1, 0.15) is 21.6 Å². The van der Waals surface area contributed by atoms with Gasteiger partial charge in [-0.3, -0.25) is 4.79 Å². The van der Waals surface area contributed by atoms with Crippen LogP contribution in [0.3, 0.4) is 0 Å². The molecule has 1 amide bonds. The predicted octanol–water partition coefficient (Wildman–Crippen LogP) is 4.48. The fraction of sp³-hybridized carbons (Fsp3) is 0.130. The van der Waals surface area contributed by atoms with Gasteiger partial charge in [-0.1, -0.05) is 18.2 Å². The molecule has 0 radical (unpaired) electrons. The highest BCUT2D eigenvalue weighted by atomic mass is 16.5. The number of aromatic nitrogens is 2. The highest BCUT2D eigenvalue weighted by Crippen LogP contribution is 2.22. The van der Waals surface area contributed by atoms with Crippen molar-refractivity contribution in [2.45, 2.75) is 13.5 Å². The van der Waals surface area contributed by atoms with Gasteiger partial charge in [0, 0.05) is 29.7 Å². The Morgan fingerprint density at radius 1 is 1.10 bits per heavy atom. The molecule has 0 unspecified atom stereocenters. The number of nitrogens with zero attached hydrogens (tertiary/aromatic N) is 2. The van der Waals surface area contributed by atoms with E-state index in [1.165, 1.54) is 0 Å². The zero-order chi connectivity index (χ0) is 20.2. The fourth-order valence-corrected chi connectivity index (χ4v) is 3.04. The van der Waals surface area contributed by atoms with E-state index in [0.29, 0.717) is 29.4 Å². The molecule has 2 aromatic carbocycles. The lowest BCUT2D eigenvalue weighted by Crippen LogP contribution is -2.12. The lowest BCUT2D eigenvalue weighted by molar-refractivity contribution is 0.102. The molecule has 29 heavy (non-hydrogen) atoms. The third kappa shape index (κ3) is 4.21. The summed E-state index contributed by atoms with van der Waals surface area (Å²) < 4.78 is 13.1. The van der Waals surface area contributed by atoms with Gasteiger partial charge < -0.3 is 19.2 Å². The van der Waals surface area contributed by atoms with Crippen LogP contribution in [-0.2, 0) is 6.61 Å². The number of hydrogen-bond acceptors (Lipinski definition) is 4. The lowest BCUT2D eigenvalue weighted by atomic mass is 10.1. The summed E-state index contributed by atoms with van der Waals surface area (Å²) in [5, 5.41) is 2.89. The number of methoxy groups -OCH3 is 1. The standard InChI is InChI=1S/C23H21N3O3/c1-16-9-10-17(12-21(16)28-2)23(27)25-18-6-5-7-20(13-18)29-15-19-14-26-11-4-3-8-22(26)24-19/h3-14H,15H2,1-2H3,(H,25,27). The van der Waals surface area contributed by atoms with Gasteiger partial charge in [0.2, 0.25) is 0 Å². The number of ether oxygens (including phenoxy) is 2. The number of carbonyl (C=O) groups excluding carboxylic acids is 1. The molecule has 2 aromatic heterocycles. The van der Waals surface area contributed by atoms with Crippen molar-refractivity contribution >= 4 is 17.2 Å². The average Bonchev–Trinajstić information content (AvgIpc) is 3.16. The molecule has 0 atom stereocenters. The minimum atomic E-state index is -0.208. The number of imidazole rings is 1. The van der Waals surface area contributed by atoms with Gasteiger partial charge in [-0.25, -0.2) is 4.98 Å². The van der Waals surface area contributed by atoms with Gasteiger partial charge in [0.05, 0.1) is 12.8 Å². The van der Waals surface area contributed by atoms with Crippen LogP contribution in [0.5, 0.6) is 11.5 Å². The Bertz CT molecular complexity index is 1130. The summed E-state index contributed by atoms with van der Waals surface area (Å²) in [6.45, 7) is 2.28. The molecule has 6 heteroatoms. The van der Waals surface area contributed by atoms with E-state index in [1.807, 2.05) is 66.2 Å². The minimum absolute atomic E-state index is 0.208. The van der Waals surface area contributed by atoms with Crippen molar-refractivity contribution in [2.24, 2.45) is 0 Å². The number of anilines is 1. The molecule has 0 aliphatic rings. The molecular weight excluding hydrogens is 366 g/mol. The Balaban J connectivity index is 1.43. The van der Waals surface area contributed by atoms with Gasteiger partial charge in [0.1, 0.15) is 23.8 Å². The normalized spacial score (nSPS) is 10.7. The van der Waals surface area contributed by atoms with Gasteiger partial charge >= 0.3 is 0 Å². The van der Waals surface area contributed by atoms with E-state index in [0.717, 1.165) is 16.9 Å². The van der Waals surface area contributed by atoms with Crippen LogP contribution in [0.2, 0.25) is 0 Å². The zero-order valence-electron chi connectivity index (χ0n) is 16.3. The first-order valence-electron chi connectivity index (χ1n) is 9.24. The van der Waals surface area contributed by atoms with Crippen molar-refractivity contribution in [1.29, 1.82) is 0 Å². The quantitative estimate of drug-likeness (QED) is 0.530. The lowest BCUT2D eigenvalue weighted by Gasteiger charge is -2.10. The van der Waals surface area contributed by atoms with E-state index < -0.39 is 0 Å². The maximum absolute atomic E-state index is 12.6. The monoisotopic (exact) mass is 387 g/mol. The van der Waals surface area contributed by atoms with E-state index in [4.69, 9.17) is 9.47 Å². The number of rotatable bonds is 6. The van der Waals surface area contributed by atoms with Crippen LogP contribution < -0.4 is 14.8 Å². The van der Waals surface area contributed by atoms with Crippen molar-refractivity contribution in [3.63, 3.8) is 0 Å². The third-order valence-electron chi connectivity index (χ3n) is 4.56. The van der Waals surface area contributed by atoms with Gasteiger partial charge in [-0.15, -0.1) is 0 Å². The summed E-state index contributed by atoms with van der Waals surface area (Å²) in [6, 6.07) is 18.5. The van der Waals surface area contributed by atoms with Gasteiger partial charge in [0.15, 0.2) is 0 Å². The van der Waals surface area contributed by atoms with Crippen molar-refractivity contribution in [2.75, 3.05) is 12.4 Å². The minimum Gasteiger partial charge on any atom is -0.496 e. The van der Waals surface area contributed by atoms with Gasteiger partial charge in [-0.2, -0.15) is 0 Å². The number of aryl methyl sites for hydroxylation is 1. The van der Waals surface area contributed by atoms with Crippen molar-refractivity contribution < 1.29 is 14.3 Å². The van der Waals surface area contributed by atoms with Crippen LogP contribution >= 0.6 is 0 Å². The molecular formula is C23H21N3O3. The first-order chi connectivity index (χ1) is 14.1. The van der Waals surface area contributed by atoms with Crippen molar-refractivity contribution in [3.05, 3.63) is 89.9 Å². The second-order valence-corrected chi connectivity index (χ2v) is 6.65. The molecule has 2 heterocycles. The summed E-state index contributed by atoms with van der Waals surface area (Å²) in [4.78, 5) is 17.1. The Morgan fingerprint density at radius 2 is 2.00 bits per heavy atom. The molecule has 0 fully saturated rings. The second-order valence-electron chi connectivity index (χ2n) is 6.65. The van der Waals surface area contributed by atoms with E-state index in [9.17, 15) is 4.79 Å². The number of benzene rings is 2. The summed E-state index contributed by atoms with van der Waals surface area (Å²) >= 11 is 0. The average molecular weight is 387 g/mol. The Kier molecular flexibility index (Phi) is 5.16. The van der Waals surface area contributed by atoms with Crippen LogP contribution in [0.15, 0.2) is 73.1 Å². The van der Waals surface area contributed by atoms with Crippen LogP contribution in [0.4, 0.5) is 5.69 Å². The first-order valence-corrected chi connectivity index (χ1v) is 9.24. The summed E-state index contributed by atoms with van der Waals surface area (Å²) in [5.41, 5.74) is 3.87. The largest absolute Gasteiger partial charge is 0.496 e. The maximum Gasteiger partial charge on any atom is 0.255 e. The number of carbonyl (C=O) groups is 1. The molecule has 0 aliphatic carbocycles. The molecule has 6 nitrogen and oxygen atoms in total. The predicted molar refractivity (Wildman–Crippen MR) is 112 cm³/mol. The fourth-order valence-electron chi connectivity index (χ4n) is 3.04. The molecule has 0 aliphatic heterocycles. The van der Waals surface area contributed by atoms with Gasteiger partial charge in [-0.05, 0) is 48.9 Å². The summed E-state index contributed by atoms with van der Waals surface area (Å²) in [6.07, 6.45) is 3.88. The number of nitrogens with one attached hydrogen (secondary N) is 1. The van der Waals surface area contributed by atoms with Crippen molar-refractivity contribution in [1.82, 2.24) is 9.38 Å². The van der Waals surface area contributed by atoms with Gasteiger partial charge in [0.25, 0.3) is 5.91 Å². The summed E-state index contributed by atoms with van der Waals surface area (Å²) in [5.74, 6) is 1.13. The number of pyridine rings is 1. The zero-order valence-corrected chi connectivity index (χ0v) is 16.3. The first kappa shape index (κ1) is 18.6. The smallest absolute Gasteiger partial charge is 0.255 e.